The summed E-state index contributed by atoms with van der Waals surface area (Å²) < 4.78 is 0. The number of piperazine rings is 1. The number of hydrazone groups is 1. The molecule has 3 rings (SSSR count). The van der Waals surface area contributed by atoms with E-state index in [2.05, 4.69) is 21.1 Å². The third kappa shape index (κ3) is 4.42. The van der Waals surface area contributed by atoms with Gasteiger partial charge < -0.3 is 0 Å². The van der Waals surface area contributed by atoms with Gasteiger partial charge in [-0.3, -0.25) is 9.91 Å². The van der Waals surface area contributed by atoms with E-state index in [1.807, 2.05) is 30.3 Å². The molecule has 3 nitrogen and oxygen atoms in total. The van der Waals surface area contributed by atoms with E-state index in [1.54, 1.807) is 12.3 Å². The van der Waals surface area contributed by atoms with Gasteiger partial charge in [0.1, 0.15) is 0 Å². The van der Waals surface area contributed by atoms with Crippen LogP contribution in [-0.4, -0.2) is 42.3 Å². The first-order valence-corrected chi connectivity index (χ1v) is 8.95. The fourth-order valence-electron chi connectivity index (χ4n) is 2.64. The molecule has 0 saturated carbocycles. The third-order valence-corrected chi connectivity index (χ3v) is 5.24. The van der Waals surface area contributed by atoms with Crippen LogP contribution in [0.25, 0.3) is 0 Å². The van der Waals surface area contributed by atoms with Crippen LogP contribution in [0.5, 0.6) is 0 Å². The van der Waals surface area contributed by atoms with Crippen molar-refractivity contribution < 1.29 is 0 Å². The van der Waals surface area contributed by atoms with Crippen LogP contribution in [0.2, 0.25) is 15.1 Å². The van der Waals surface area contributed by atoms with Crippen LogP contribution in [0, 0.1) is 0 Å². The van der Waals surface area contributed by atoms with E-state index < -0.39 is 0 Å². The number of hydrogen-bond acceptors (Lipinski definition) is 3. The highest BCUT2D eigenvalue weighted by molar-refractivity contribution is 6.43. The van der Waals surface area contributed by atoms with Gasteiger partial charge in [-0.25, -0.2) is 0 Å². The van der Waals surface area contributed by atoms with E-state index in [0.29, 0.717) is 10.0 Å². The van der Waals surface area contributed by atoms with E-state index in [-0.39, 0.29) is 0 Å². The molecule has 6 heteroatoms. The molecule has 0 aromatic heterocycles. The maximum absolute atomic E-state index is 6.23. The van der Waals surface area contributed by atoms with Gasteiger partial charge in [-0.2, -0.15) is 5.10 Å². The molecular formula is C18H18Cl3N3. The molecule has 2 aromatic carbocycles. The van der Waals surface area contributed by atoms with Crippen LogP contribution < -0.4 is 0 Å². The Bertz CT molecular complexity index is 725. The number of hydrogen-bond donors (Lipinski definition) is 0. The molecule has 2 aromatic rings. The van der Waals surface area contributed by atoms with Crippen LogP contribution in [-0.2, 0) is 6.54 Å². The van der Waals surface area contributed by atoms with Gasteiger partial charge in [-0.15, -0.1) is 0 Å². The van der Waals surface area contributed by atoms with Crippen molar-refractivity contribution in [3.8, 4) is 0 Å². The summed E-state index contributed by atoms with van der Waals surface area (Å²) in [5, 5.41) is 8.50. The topological polar surface area (TPSA) is 18.8 Å². The molecule has 0 radical (unpaired) electrons. The minimum Gasteiger partial charge on any atom is -0.295 e. The standard InChI is InChI=1S/C18H18Cl3N3/c19-16-6-2-1-4-15(16)13-23-8-10-24(11-9-23)22-12-14-5-3-7-17(20)18(14)21/h1-7,12H,8-11,13H2/b22-12+. The lowest BCUT2D eigenvalue weighted by Gasteiger charge is -2.33. The van der Waals surface area contributed by atoms with Gasteiger partial charge in [0.2, 0.25) is 0 Å². The summed E-state index contributed by atoms with van der Waals surface area (Å²) in [6, 6.07) is 13.5. The summed E-state index contributed by atoms with van der Waals surface area (Å²) in [7, 11) is 0. The number of rotatable bonds is 4. The molecule has 0 aliphatic carbocycles. The van der Waals surface area contributed by atoms with Crippen LogP contribution >= 0.6 is 34.8 Å². The van der Waals surface area contributed by atoms with Crippen molar-refractivity contribution in [1.82, 2.24) is 9.91 Å². The molecular weight excluding hydrogens is 365 g/mol. The Morgan fingerprint density at radius 1 is 0.875 bits per heavy atom. The summed E-state index contributed by atoms with van der Waals surface area (Å²) in [5.41, 5.74) is 2.00. The Hall–Kier alpha value is -1.26. The molecule has 0 N–H and O–H groups in total. The average Bonchev–Trinajstić information content (AvgIpc) is 2.59. The Kier molecular flexibility index (Phi) is 6.01. The van der Waals surface area contributed by atoms with Gasteiger partial charge in [0.05, 0.1) is 16.3 Å². The lowest BCUT2D eigenvalue weighted by atomic mass is 10.2. The van der Waals surface area contributed by atoms with Crippen LogP contribution in [0.4, 0.5) is 0 Å². The van der Waals surface area contributed by atoms with E-state index >= 15 is 0 Å². The molecule has 1 saturated heterocycles. The molecule has 0 unspecified atom stereocenters. The zero-order valence-electron chi connectivity index (χ0n) is 13.1. The SMILES string of the molecule is Clc1ccccc1CN1CCN(/N=C/c2cccc(Cl)c2Cl)CC1. The minimum atomic E-state index is 0.542. The summed E-state index contributed by atoms with van der Waals surface area (Å²) in [5.74, 6) is 0. The van der Waals surface area contributed by atoms with Gasteiger partial charge in [0, 0.05) is 43.3 Å². The first-order chi connectivity index (χ1) is 11.6. The van der Waals surface area contributed by atoms with Crippen molar-refractivity contribution in [3.05, 3.63) is 68.7 Å². The number of benzene rings is 2. The Balaban J connectivity index is 1.54. The highest BCUT2D eigenvalue weighted by Crippen LogP contribution is 2.24. The van der Waals surface area contributed by atoms with E-state index in [9.17, 15) is 0 Å². The van der Waals surface area contributed by atoms with Crippen LogP contribution in [0.15, 0.2) is 47.6 Å². The Morgan fingerprint density at radius 3 is 2.33 bits per heavy atom. The smallest absolute Gasteiger partial charge is 0.0680 e. The molecule has 126 valence electrons. The lowest BCUT2D eigenvalue weighted by Crippen LogP contribution is -2.43. The van der Waals surface area contributed by atoms with Gasteiger partial charge in [-0.1, -0.05) is 65.1 Å². The van der Waals surface area contributed by atoms with E-state index in [1.165, 1.54) is 5.56 Å². The summed E-state index contributed by atoms with van der Waals surface area (Å²) in [6.07, 6.45) is 1.78. The summed E-state index contributed by atoms with van der Waals surface area (Å²) in [4.78, 5) is 2.39. The fourth-order valence-corrected chi connectivity index (χ4v) is 3.19. The predicted octanol–water partition coefficient (Wildman–Crippen LogP) is 4.80. The number of halogens is 3. The summed E-state index contributed by atoms with van der Waals surface area (Å²) in [6.45, 7) is 4.52. The van der Waals surface area contributed by atoms with Crippen molar-refractivity contribution in [2.24, 2.45) is 5.10 Å². The second kappa shape index (κ2) is 8.21. The predicted molar refractivity (Wildman–Crippen MR) is 102 cm³/mol. The maximum Gasteiger partial charge on any atom is 0.0680 e. The number of nitrogens with zero attached hydrogens (tertiary/aromatic N) is 3. The minimum absolute atomic E-state index is 0.542. The molecule has 0 bridgehead atoms. The second-order valence-electron chi connectivity index (χ2n) is 5.71. The fraction of sp³-hybridized carbons (Fsp3) is 0.278. The molecule has 0 atom stereocenters. The highest BCUT2D eigenvalue weighted by Gasteiger charge is 2.16. The van der Waals surface area contributed by atoms with Gasteiger partial charge >= 0.3 is 0 Å². The monoisotopic (exact) mass is 381 g/mol. The molecule has 1 aliphatic rings. The van der Waals surface area contributed by atoms with Crippen molar-refractivity contribution in [3.63, 3.8) is 0 Å². The van der Waals surface area contributed by atoms with Gasteiger partial charge in [-0.05, 0) is 17.7 Å². The largest absolute Gasteiger partial charge is 0.295 e. The van der Waals surface area contributed by atoms with Crippen molar-refractivity contribution in [2.45, 2.75) is 6.54 Å². The van der Waals surface area contributed by atoms with E-state index in [4.69, 9.17) is 34.8 Å². The molecule has 1 fully saturated rings. The van der Waals surface area contributed by atoms with Gasteiger partial charge in [0.15, 0.2) is 0 Å². The van der Waals surface area contributed by atoms with Crippen molar-refractivity contribution in [2.75, 3.05) is 26.2 Å². The normalized spacial score (nSPS) is 16.0. The molecule has 0 amide bonds. The maximum atomic E-state index is 6.23. The van der Waals surface area contributed by atoms with Gasteiger partial charge in [0.25, 0.3) is 0 Å². The zero-order chi connectivity index (χ0) is 16.9. The Morgan fingerprint density at radius 2 is 1.58 bits per heavy atom. The van der Waals surface area contributed by atoms with Crippen molar-refractivity contribution >= 4 is 41.0 Å². The first kappa shape index (κ1) is 17.6. The van der Waals surface area contributed by atoms with Crippen LogP contribution in [0.3, 0.4) is 0 Å². The average molecular weight is 383 g/mol. The first-order valence-electron chi connectivity index (χ1n) is 7.82. The van der Waals surface area contributed by atoms with E-state index in [0.717, 1.165) is 43.3 Å². The molecule has 1 heterocycles. The second-order valence-corrected chi connectivity index (χ2v) is 6.90. The Labute approximate surface area is 157 Å². The van der Waals surface area contributed by atoms with Crippen LogP contribution in [0.1, 0.15) is 11.1 Å². The highest BCUT2D eigenvalue weighted by atomic mass is 35.5. The third-order valence-electron chi connectivity index (χ3n) is 4.04. The quantitative estimate of drug-likeness (QED) is 0.707. The van der Waals surface area contributed by atoms with Crippen molar-refractivity contribution in [1.29, 1.82) is 0 Å². The molecule has 1 aliphatic heterocycles. The summed E-state index contributed by atoms with van der Waals surface area (Å²) >= 11 is 18.4. The lowest BCUT2D eigenvalue weighted by molar-refractivity contribution is 0.131. The molecule has 0 spiro atoms. The molecule has 24 heavy (non-hydrogen) atoms. The zero-order valence-corrected chi connectivity index (χ0v) is 15.4.